The molecule has 2 atom stereocenters. The number of carbonyl (C=O) groups is 1. The minimum absolute atomic E-state index is 0.0728. The topological polar surface area (TPSA) is 50.4 Å². The quantitative estimate of drug-likeness (QED) is 0.864. The van der Waals surface area contributed by atoms with Gasteiger partial charge in [0.05, 0.1) is 13.5 Å². The van der Waals surface area contributed by atoms with Crippen molar-refractivity contribution in [3.63, 3.8) is 0 Å². The Hall–Kier alpha value is -1.55. The van der Waals surface area contributed by atoms with E-state index in [1.54, 1.807) is 7.11 Å². The van der Waals surface area contributed by atoms with Gasteiger partial charge in [0.25, 0.3) is 0 Å². The van der Waals surface area contributed by atoms with Crippen LogP contribution in [0, 0.1) is 0 Å². The first-order valence-electron chi connectivity index (χ1n) is 6.83. The largest absolute Gasteiger partial charge is 0.496 e. The number of hydrogen-bond acceptors (Lipinski definition) is 3. The number of para-hydroxylation sites is 1. The molecule has 19 heavy (non-hydrogen) atoms. The first-order valence-corrected chi connectivity index (χ1v) is 6.83. The van der Waals surface area contributed by atoms with Crippen molar-refractivity contribution in [1.82, 2.24) is 10.6 Å². The maximum atomic E-state index is 12.1. The van der Waals surface area contributed by atoms with Crippen molar-refractivity contribution in [2.45, 2.75) is 38.3 Å². The molecular weight excluding hydrogens is 240 g/mol. The molecule has 2 rings (SSSR count). The van der Waals surface area contributed by atoms with E-state index in [1.165, 1.54) is 0 Å². The van der Waals surface area contributed by atoms with Crippen LogP contribution in [-0.4, -0.2) is 31.6 Å². The monoisotopic (exact) mass is 262 g/mol. The minimum Gasteiger partial charge on any atom is -0.496 e. The molecule has 1 saturated heterocycles. The van der Waals surface area contributed by atoms with E-state index >= 15 is 0 Å². The number of hydrogen-bond donors (Lipinski definition) is 2. The first-order chi connectivity index (χ1) is 9.19. The third-order valence-corrected chi connectivity index (χ3v) is 3.53. The second-order valence-electron chi connectivity index (χ2n) is 5.13. The average molecular weight is 262 g/mol. The molecule has 1 heterocycles. The number of methoxy groups -OCH3 is 1. The summed E-state index contributed by atoms with van der Waals surface area (Å²) in [4.78, 5) is 12.1. The van der Waals surface area contributed by atoms with Crippen molar-refractivity contribution < 1.29 is 9.53 Å². The van der Waals surface area contributed by atoms with Gasteiger partial charge in [0.2, 0.25) is 5.91 Å². The third-order valence-electron chi connectivity index (χ3n) is 3.53. The van der Waals surface area contributed by atoms with E-state index in [1.807, 2.05) is 24.3 Å². The third kappa shape index (κ3) is 3.96. The number of ether oxygens (including phenoxy) is 1. The van der Waals surface area contributed by atoms with Gasteiger partial charge >= 0.3 is 0 Å². The van der Waals surface area contributed by atoms with Crippen LogP contribution in [-0.2, 0) is 11.2 Å². The van der Waals surface area contributed by atoms with E-state index in [9.17, 15) is 4.79 Å². The fourth-order valence-corrected chi connectivity index (χ4v) is 2.56. The molecule has 1 fully saturated rings. The number of nitrogens with one attached hydrogen (secondary N) is 2. The van der Waals surface area contributed by atoms with Gasteiger partial charge in [-0.15, -0.1) is 0 Å². The van der Waals surface area contributed by atoms with E-state index in [4.69, 9.17) is 4.74 Å². The Morgan fingerprint density at radius 2 is 2.26 bits per heavy atom. The molecule has 4 heteroatoms. The fourth-order valence-electron chi connectivity index (χ4n) is 2.56. The van der Waals surface area contributed by atoms with E-state index in [0.29, 0.717) is 18.5 Å². The molecule has 0 aliphatic carbocycles. The van der Waals surface area contributed by atoms with Gasteiger partial charge in [-0.25, -0.2) is 0 Å². The van der Waals surface area contributed by atoms with Gasteiger partial charge < -0.3 is 15.4 Å². The molecule has 0 saturated carbocycles. The standard InChI is InChI=1S/C15H22N2O2/c1-11-9-13(7-8-16-11)17-15(18)10-12-5-3-4-6-14(12)19-2/h3-6,11,13,16H,7-10H2,1-2H3,(H,17,18). The summed E-state index contributed by atoms with van der Waals surface area (Å²) in [6.07, 6.45) is 2.38. The second-order valence-corrected chi connectivity index (χ2v) is 5.13. The van der Waals surface area contributed by atoms with Gasteiger partial charge in [0.15, 0.2) is 0 Å². The van der Waals surface area contributed by atoms with Gasteiger partial charge in [0.1, 0.15) is 5.75 Å². The molecule has 104 valence electrons. The van der Waals surface area contributed by atoms with E-state index in [2.05, 4.69) is 17.6 Å². The summed E-state index contributed by atoms with van der Waals surface area (Å²) in [5.41, 5.74) is 0.935. The summed E-state index contributed by atoms with van der Waals surface area (Å²) in [7, 11) is 1.63. The number of piperidine rings is 1. The normalized spacial score (nSPS) is 22.8. The first kappa shape index (κ1) is 13.9. The highest BCUT2D eigenvalue weighted by molar-refractivity contribution is 5.79. The van der Waals surface area contributed by atoms with Crippen molar-refractivity contribution in [2.75, 3.05) is 13.7 Å². The lowest BCUT2D eigenvalue weighted by atomic mass is 10.00. The van der Waals surface area contributed by atoms with E-state index < -0.39 is 0 Å². The van der Waals surface area contributed by atoms with Crippen LogP contribution in [0.15, 0.2) is 24.3 Å². The summed E-state index contributed by atoms with van der Waals surface area (Å²) in [5.74, 6) is 0.847. The van der Waals surface area contributed by atoms with Crippen molar-refractivity contribution in [3.05, 3.63) is 29.8 Å². The molecule has 0 aromatic heterocycles. The lowest BCUT2D eigenvalue weighted by Gasteiger charge is -2.28. The number of carbonyl (C=O) groups excluding carboxylic acids is 1. The van der Waals surface area contributed by atoms with E-state index in [0.717, 1.165) is 30.7 Å². The zero-order chi connectivity index (χ0) is 13.7. The molecule has 1 amide bonds. The molecule has 2 N–H and O–H groups in total. The highest BCUT2D eigenvalue weighted by Crippen LogP contribution is 2.18. The summed E-state index contributed by atoms with van der Waals surface area (Å²) >= 11 is 0. The lowest BCUT2D eigenvalue weighted by molar-refractivity contribution is -0.121. The Labute approximate surface area is 114 Å². The molecule has 4 nitrogen and oxygen atoms in total. The Morgan fingerprint density at radius 3 is 3.00 bits per heavy atom. The Morgan fingerprint density at radius 1 is 1.47 bits per heavy atom. The zero-order valence-electron chi connectivity index (χ0n) is 11.6. The van der Waals surface area contributed by atoms with Gasteiger partial charge in [-0.3, -0.25) is 4.79 Å². The highest BCUT2D eigenvalue weighted by Gasteiger charge is 2.20. The fraction of sp³-hybridized carbons (Fsp3) is 0.533. The molecular formula is C15H22N2O2. The van der Waals surface area contributed by atoms with Crippen LogP contribution < -0.4 is 15.4 Å². The highest BCUT2D eigenvalue weighted by atomic mass is 16.5. The van der Waals surface area contributed by atoms with Crippen molar-refractivity contribution in [2.24, 2.45) is 0 Å². The maximum absolute atomic E-state index is 12.1. The van der Waals surface area contributed by atoms with Crippen LogP contribution >= 0.6 is 0 Å². The van der Waals surface area contributed by atoms with Gasteiger partial charge in [-0.1, -0.05) is 18.2 Å². The molecule has 0 radical (unpaired) electrons. The maximum Gasteiger partial charge on any atom is 0.224 e. The van der Waals surface area contributed by atoms with Crippen LogP contribution in [0.1, 0.15) is 25.3 Å². The van der Waals surface area contributed by atoms with Crippen LogP contribution in [0.25, 0.3) is 0 Å². The summed E-state index contributed by atoms with van der Waals surface area (Å²) < 4.78 is 5.26. The van der Waals surface area contributed by atoms with Gasteiger partial charge in [-0.05, 0) is 32.4 Å². The summed E-state index contributed by atoms with van der Waals surface area (Å²) in [5, 5.41) is 6.50. The predicted molar refractivity (Wildman–Crippen MR) is 75.3 cm³/mol. The summed E-state index contributed by atoms with van der Waals surface area (Å²) in [6.45, 7) is 3.12. The minimum atomic E-state index is 0.0728. The Bertz CT molecular complexity index is 434. The molecule has 1 aliphatic heterocycles. The molecule has 1 aromatic carbocycles. The number of rotatable bonds is 4. The van der Waals surface area contributed by atoms with Crippen LogP contribution in [0.3, 0.4) is 0 Å². The zero-order valence-corrected chi connectivity index (χ0v) is 11.6. The van der Waals surface area contributed by atoms with E-state index in [-0.39, 0.29) is 5.91 Å². The number of amides is 1. The van der Waals surface area contributed by atoms with Gasteiger partial charge in [-0.2, -0.15) is 0 Å². The summed E-state index contributed by atoms with van der Waals surface area (Å²) in [6, 6.07) is 8.43. The van der Waals surface area contributed by atoms with Crippen molar-refractivity contribution in [1.29, 1.82) is 0 Å². The van der Waals surface area contributed by atoms with Crippen LogP contribution in [0.2, 0.25) is 0 Å². The smallest absolute Gasteiger partial charge is 0.224 e. The van der Waals surface area contributed by atoms with Gasteiger partial charge in [0, 0.05) is 17.6 Å². The Kier molecular flexibility index (Phi) is 4.80. The lowest BCUT2D eigenvalue weighted by Crippen LogP contribution is -2.46. The Balaban J connectivity index is 1.90. The van der Waals surface area contributed by atoms with Crippen molar-refractivity contribution >= 4 is 5.91 Å². The molecule has 0 bridgehead atoms. The SMILES string of the molecule is COc1ccccc1CC(=O)NC1CCNC(C)C1. The predicted octanol–water partition coefficient (Wildman–Crippen LogP) is 1.49. The average Bonchev–Trinajstić information content (AvgIpc) is 2.39. The molecule has 0 spiro atoms. The second kappa shape index (κ2) is 6.57. The number of benzene rings is 1. The van der Waals surface area contributed by atoms with Crippen LogP contribution in [0.4, 0.5) is 0 Å². The molecule has 2 unspecified atom stereocenters. The van der Waals surface area contributed by atoms with Crippen molar-refractivity contribution in [3.8, 4) is 5.75 Å². The van der Waals surface area contributed by atoms with Crippen LogP contribution in [0.5, 0.6) is 5.75 Å². The molecule has 1 aromatic rings. The molecule has 1 aliphatic rings.